The SMILES string of the molecule is CCCNCC1(c2cc(C)ccc2OC)CC(C(C)C)C1. The molecule has 1 aromatic rings. The average molecular weight is 289 g/mol. The van der Waals surface area contributed by atoms with Gasteiger partial charge in [0.25, 0.3) is 0 Å². The van der Waals surface area contributed by atoms with Crippen LogP contribution >= 0.6 is 0 Å². The van der Waals surface area contributed by atoms with Gasteiger partial charge in [0.1, 0.15) is 5.75 Å². The number of hydrogen-bond acceptors (Lipinski definition) is 2. The Morgan fingerprint density at radius 1 is 1.33 bits per heavy atom. The Kier molecular flexibility index (Phi) is 5.32. The van der Waals surface area contributed by atoms with Crippen LogP contribution < -0.4 is 10.1 Å². The van der Waals surface area contributed by atoms with Crippen LogP contribution in [0.3, 0.4) is 0 Å². The van der Waals surface area contributed by atoms with Crippen molar-refractivity contribution in [1.29, 1.82) is 0 Å². The van der Waals surface area contributed by atoms with Crippen LogP contribution in [0.1, 0.15) is 51.2 Å². The molecule has 0 heterocycles. The fraction of sp³-hybridized carbons (Fsp3) is 0.684. The second-order valence-corrected chi connectivity index (χ2v) is 7.07. The highest BCUT2D eigenvalue weighted by molar-refractivity contribution is 5.44. The number of nitrogens with one attached hydrogen (secondary N) is 1. The van der Waals surface area contributed by atoms with Gasteiger partial charge >= 0.3 is 0 Å². The van der Waals surface area contributed by atoms with E-state index >= 15 is 0 Å². The molecule has 0 bridgehead atoms. The van der Waals surface area contributed by atoms with Gasteiger partial charge in [0, 0.05) is 17.5 Å². The highest BCUT2D eigenvalue weighted by Gasteiger charge is 2.47. The van der Waals surface area contributed by atoms with Crippen LogP contribution in [0.2, 0.25) is 0 Å². The summed E-state index contributed by atoms with van der Waals surface area (Å²) in [5.74, 6) is 2.68. The second kappa shape index (κ2) is 6.83. The molecule has 2 rings (SSSR count). The van der Waals surface area contributed by atoms with Gasteiger partial charge in [-0.2, -0.15) is 0 Å². The first-order valence-electron chi connectivity index (χ1n) is 8.38. The summed E-state index contributed by atoms with van der Waals surface area (Å²) in [6.07, 6.45) is 3.75. The monoisotopic (exact) mass is 289 g/mol. The number of methoxy groups -OCH3 is 1. The van der Waals surface area contributed by atoms with Crippen molar-refractivity contribution in [2.24, 2.45) is 11.8 Å². The van der Waals surface area contributed by atoms with Crippen molar-refractivity contribution in [2.45, 2.75) is 52.4 Å². The molecule has 0 radical (unpaired) electrons. The molecule has 1 aliphatic carbocycles. The standard InChI is InChI=1S/C19H31NO/c1-6-9-20-13-19(11-16(12-19)14(2)3)17-10-15(4)7-8-18(17)21-5/h7-8,10,14,16,20H,6,9,11-13H2,1-5H3. The highest BCUT2D eigenvalue weighted by atomic mass is 16.5. The molecule has 0 spiro atoms. The third-order valence-corrected chi connectivity index (χ3v) is 5.07. The molecule has 1 N–H and O–H groups in total. The minimum absolute atomic E-state index is 0.265. The van der Waals surface area contributed by atoms with E-state index in [9.17, 15) is 0 Å². The summed E-state index contributed by atoms with van der Waals surface area (Å²) >= 11 is 0. The Labute approximate surface area is 130 Å². The molecule has 0 atom stereocenters. The van der Waals surface area contributed by atoms with E-state index in [0.29, 0.717) is 0 Å². The normalized spacial score (nSPS) is 25.0. The van der Waals surface area contributed by atoms with Gasteiger partial charge < -0.3 is 10.1 Å². The van der Waals surface area contributed by atoms with Crippen molar-refractivity contribution < 1.29 is 4.74 Å². The Morgan fingerprint density at radius 3 is 2.62 bits per heavy atom. The lowest BCUT2D eigenvalue weighted by Gasteiger charge is -2.51. The van der Waals surface area contributed by atoms with Gasteiger partial charge in [-0.15, -0.1) is 0 Å². The molecule has 0 amide bonds. The first kappa shape index (κ1) is 16.4. The maximum Gasteiger partial charge on any atom is 0.122 e. The van der Waals surface area contributed by atoms with E-state index in [1.807, 2.05) is 0 Å². The minimum atomic E-state index is 0.265. The van der Waals surface area contributed by atoms with Gasteiger partial charge in [0.05, 0.1) is 7.11 Å². The Bertz CT molecular complexity index is 461. The number of ether oxygens (including phenoxy) is 1. The molecule has 0 saturated heterocycles. The van der Waals surface area contributed by atoms with Crippen LogP contribution in [0.25, 0.3) is 0 Å². The zero-order chi connectivity index (χ0) is 15.5. The molecular formula is C19H31NO. The molecular weight excluding hydrogens is 258 g/mol. The van der Waals surface area contributed by atoms with Crippen molar-refractivity contribution in [3.63, 3.8) is 0 Å². The molecule has 2 nitrogen and oxygen atoms in total. The number of aryl methyl sites for hydroxylation is 1. The molecule has 0 unspecified atom stereocenters. The molecule has 1 saturated carbocycles. The maximum atomic E-state index is 5.66. The summed E-state index contributed by atoms with van der Waals surface area (Å²) in [6.45, 7) is 11.3. The van der Waals surface area contributed by atoms with Crippen LogP contribution in [0.4, 0.5) is 0 Å². The van der Waals surface area contributed by atoms with E-state index in [1.165, 1.54) is 30.4 Å². The fourth-order valence-corrected chi connectivity index (χ4v) is 3.62. The predicted octanol–water partition coefficient (Wildman–Crippen LogP) is 4.31. The Balaban J connectivity index is 2.26. The number of hydrogen-bond donors (Lipinski definition) is 1. The zero-order valence-corrected chi connectivity index (χ0v) is 14.3. The van der Waals surface area contributed by atoms with Gasteiger partial charge in [-0.05, 0) is 50.6 Å². The lowest BCUT2D eigenvalue weighted by Crippen LogP contribution is -2.50. The molecule has 21 heavy (non-hydrogen) atoms. The number of benzene rings is 1. The van der Waals surface area contributed by atoms with Gasteiger partial charge in [0.2, 0.25) is 0 Å². The van der Waals surface area contributed by atoms with Gasteiger partial charge in [-0.3, -0.25) is 0 Å². The summed E-state index contributed by atoms with van der Waals surface area (Å²) < 4.78 is 5.66. The van der Waals surface area contributed by atoms with E-state index in [0.717, 1.165) is 30.7 Å². The van der Waals surface area contributed by atoms with Crippen molar-refractivity contribution in [3.05, 3.63) is 29.3 Å². The minimum Gasteiger partial charge on any atom is -0.496 e. The first-order chi connectivity index (χ1) is 10.0. The quantitative estimate of drug-likeness (QED) is 0.755. The summed E-state index contributed by atoms with van der Waals surface area (Å²) in [7, 11) is 1.79. The summed E-state index contributed by atoms with van der Waals surface area (Å²) in [6, 6.07) is 6.62. The maximum absolute atomic E-state index is 5.66. The van der Waals surface area contributed by atoms with Gasteiger partial charge in [-0.1, -0.05) is 38.5 Å². The molecule has 1 aromatic carbocycles. The smallest absolute Gasteiger partial charge is 0.122 e. The fourth-order valence-electron chi connectivity index (χ4n) is 3.62. The molecule has 1 fully saturated rings. The van der Waals surface area contributed by atoms with Crippen LogP contribution in [0.5, 0.6) is 5.75 Å². The molecule has 2 heteroatoms. The number of rotatable bonds is 7. The molecule has 1 aliphatic rings. The summed E-state index contributed by atoms with van der Waals surface area (Å²) in [5.41, 5.74) is 3.00. The predicted molar refractivity (Wildman–Crippen MR) is 90.1 cm³/mol. The van der Waals surface area contributed by atoms with Crippen LogP contribution in [-0.2, 0) is 5.41 Å². The van der Waals surface area contributed by atoms with Crippen molar-refractivity contribution >= 4 is 0 Å². The van der Waals surface area contributed by atoms with E-state index in [4.69, 9.17) is 4.74 Å². The highest BCUT2D eigenvalue weighted by Crippen LogP contribution is 2.52. The topological polar surface area (TPSA) is 21.3 Å². The third kappa shape index (κ3) is 3.42. The lowest BCUT2D eigenvalue weighted by atomic mass is 9.55. The summed E-state index contributed by atoms with van der Waals surface area (Å²) in [4.78, 5) is 0. The van der Waals surface area contributed by atoms with E-state index in [1.54, 1.807) is 7.11 Å². The molecule has 0 aliphatic heterocycles. The summed E-state index contributed by atoms with van der Waals surface area (Å²) in [5, 5.41) is 3.65. The largest absolute Gasteiger partial charge is 0.496 e. The van der Waals surface area contributed by atoms with Crippen LogP contribution in [0.15, 0.2) is 18.2 Å². The lowest BCUT2D eigenvalue weighted by molar-refractivity contribution is 0.0953. The van der Waals surface area contributed by atoms with Gasteiger partial charge in [-0.25, -0.2) is 0 Å². The van der Waals surface area contributed by atoms with Crippen molar-refractivity contribution in [3.8, 4) is 5.75 Å². The van der Waals surface area contributed by atoms with E-state index in [-0.39, 0.29) is 5.41 Å². The van der Waals surface area contributed by atoms with E-state index < -0.39 is 0 Å². The molecule has 118 valence electrons. The Hall–Kier alpha value is -1.02. The van der Waals surface area contributed by atoms with Crippen LogP contribution in [0, 0.1) is 18.8 Å². The van der Waals surface area contributed by atoms with Gasteiger partial charge in [0.15, 0.2) is 0 Å². The van der Waals surface area contributed by atoms with Crippen molar-refractivity contribution in [1.82, 2.24) is 5.32 Å². The second-order valence-electron chi connectivity index (χ2n) is 7.07. The van der Waals surface area contributed by atoms with E-state index in [2.05, 4.69) is 51.2 Å². The average Bonchev–Trinajstić information content (AvgIpc) is 2.41. The first-order valence-corrected chi connectivity index (χ1v) is 8.38. The molecule has 0 aromatic heterocycles. The third-order valence-electron chi connectivity index (χ3n) is 5.07. The van der Waals surface area contributed by atoms with Crippen LogP contribution in [-0.4, -0.2) is 20.2 Å². The van der Waals surface area contributed by atoms with Crippen molar-refractivity contribution in [2.75, 3.05) is 20.2 Å². The zero-order valence-electron chi connectivity index (χ0n) is 14.3. The Morgan fingerprint density at radius 2 is 2.05 bits per heavy atom.